The zero-order valence-corrected chi connectivity index (χ0v) is 9.40. The molecule has 0 fully saturated rings. The van der Waals surface area contributed by atoms with Crippen LogP contribution >= 0.6 is 0 Å². The number of hydrogen-bond acceptors (Lipinski definition) is 2. The number of aromatic nitrogens is 2. The van der Waals surface area contributed by atoms with Gasteiger partial charge in [0.25, 0.3) is 0 Å². The second-order valence-electron chi connectivity index (χ2n) is 3.77. The fraction of sp³-hybridized carbons (Fsp3) is 0.167. The van der Waals surface area contributed by atoms with Gasteiger partial charge in [-0.2, -0.15) is 18.3 Å². The number of aldehydes is 1. The van der Waals surface area contributed by atoms with E-state index in [1.165, 1.54) is 22.9 Å². The molecule has 0 aliphatic heterocycles. The van der Waals surface area contributed by atoms with Crippen LogP contribution in [0.1, 0.15) is 16.1 Å². The molecule has 0 N–H and O–H groups in total. The first kappa shape index (κ1) is 12.3. The van der Waals surface area contributed by atoms with Gasteiger partial charge < -0.3 is 0 Å². The Hall–Kier alpha value is -2.11. The second-order valence-corrected chi connectivity index (χ2v) is 3.77. The van der Waals surface area contributed by atoms with Crippen LogP contribution in [0, 0.1) is 0 Å². The largest absolute Gasteiger partial charge is 0.416 e. The summed E-state index contributed by atoms with van der Waals surface area (Å²) in [5.41, 5.74) is 0.655. The van der Waals surface area contributed by atoms with Crippen molar-refractivity contribution in [2.75, 3.05) is 0 Å². The third kappa shape index (κ3) is 2.27. The monoisotopic (exact) mass is 254 g/mol. The van der Waals surface area contributed by atoms with Gasteiger partial charge >= 0.3 is 6.18 Å². The second kappa shape index (κ2) is 4.29. The first-order valence-electron chi connectivity index (χ1n) is 5.08. The van der Waals surface area contributed by atoms with Gasteiger partial charge in [0.05, 0.1) is 11.3 Å². The van der Waals surface area contributed by atoms with Crippen molar-refractivity contribution in [2.45, 2.75) is 6.18 Å². The highest BCUT2D eigenvalue weighted by Crippen LogP contribution is 2.30. The summed E-state index contributed by atoms with van der Waals surface area (Å²) in [4.78, 5) is 10.6. The van der Waals surface area contributed by atoms with Crippen LogP contribution in [0.3, 0.4) is 0 Å². The molecule has 1 aromatic heterocycles. The van der Waals surface area contributed by atoms with Crippen molar-refractivity contribution < 1.29 is 18.0 Å². The lowest BCUT2D eigenvalue weighted by Crippen LogP contribution is -2.04. The number of nitrogens with zero attached hydrogens (tertiary/aromatic N) is 2. The Morgan fingerprint density at radius 2 is 1.83 bits per heavy atom. The number of alkyl halides is 3. The average molecular weight is 254 g/mol. The number of aryl methyl sites for hydroxylation is 1. The maximum Gasteiger partial charge on any atom is 0.416 e. The highest BCUT2D eigenvalue weighted by molar-refractivity contribution is 5.75. The molecule has 0 bridgehead atoms. The van der Waals surface area contributed by atoms with Gasteiger partial charge in [-0.1, -0.05) is 12.1 Å². The molecule has 94 valence electrons. The van der Waals surface area contributed by atoms with E-state index in [2.05, 4.69) is 5.10 Å². The normalized spacial score (nSPS) is 11.6. The lowest BCUT2D eigenvalue weighted by atomic mass is 10.1. The maximum absolute atomic E-state index is 12.4. The Kier molecular flexibility index (Phi) is 2.94. The predicted octanol–water partition coefficient (Wildman–Crippen LogP) is 2.92. The van der Waals surface area contributed by atoms with Crippen molar-refractivity contribution in [3.05, 3.63) is 41.6 Å². The van der Waals surface area contributed by atoms with Crippen LogP contribution in [-0.2, 0) is 13.2 Å². The molecule has 0 radical (unpaired) electrons. The molecule has 0 saturated carbocycles. The highest BCUT2D eigenvalue weighted by atomic mass is 19.4. The summed E-state index contributed by atoms with van der Waals surface area (Å²) >= 11 is 0. The van der Waals surface area contributed by atoms with Gasteiger partial charge in [0.1, 0.15) is 5.69 Å². The molecule has 3 nitrogen and oxygen atoms in total. The lowest BCUT2D eigenvalue weighted by Gasteiger charge is -2.06. The van der Waals surface area contributed by atoms with Gasteiger partial charge in [0.15, 0.2) is 6.29 Å². The van der Waals surface area contributed by atoms with Crippen LogP contribution < -0.4 is 0 Å². The van der Waals surface area contributed by atoms with Crippen LogP contribution in [0.2, 0.25) is 0 Å². The Balaban J connectivity index is 2.37. The van der Waals surface area contributed by atoms with Crippen LogP contribution in [0.5, 0.6) is 0 Å². The van der Waals surface area contributed by atoms with Crippen molar-refractivity contribution in [1.82, 2.24) is 9.78 Å². The zero-order chi connectivity index (χ0) is 13.3. The summed E-state index contributed by atoms with van der Waals surface area (Å²) in [6.07, 6.45) is -3.71. The zero-order valence-electron chi connectivity index (χ0n) is 9.40. The van der Waals surface area contributed by atoms with E-state index in [1.54, 1.807) is 7.05 Å². The Labute approximate surface area is 101 Å². The number of carbonyl (C=O) groups excluding carboxylic acids is 1. The van der Waals surface area contributed by atoms with Crippen molar-refractivity contribution in [3.8, 4) is 11.3 Å². The number of rotatable bonds is 2. The minimum Gasteiger partial charge on any atom is -0.296 e. The summed E-state index contributed by atoms with van der Waals surface area (Å²) in [5, 5.41) is 4.05. The number of hydrogen-bond donors (Lipinski definition) is 0. The smallest absolute Gasteiger partial charge is 0.296 e. The van der Waals surface area contributed by atoms with Gasteiger partial charge in [0.2, 0.25) is 0 Å². The Bertz CT molecular complexity index is 570. The van der Waals surface area contributed by atoms with E-state index in [0.717, 1.165) is 12.1 Å². The fourth-order valence-corrected chi connectivity index (χ4v) is 1.56. The quantitative estimate of drug-likeness (QED) is 0.772. The SMILES string of the molecule is Cn1nc(-c2ccc(C(F)(F)F)cc2)cc1C=O. The molecule has 0 saturated heterocycles. The summed E-state index contributed by atoms with van der Waals surface area (Å²) in [7, 11) is 1.59. The standard InChI is InChI=1S/C12H9F3N2O/c1-17-10(7-18)6-11(16-17)8-2-4-9(5-3-8)12(13,14)15/h2-7H,1H3. The molecule has 0 spiro atoms. The molecule has 0 aliphatic rings. The van der Waals surface area contributed by atoms with Crippen LogP contribution in [-0.4, -0.2) is 16.1 Å². The third-order valence-electron chi connectivity index (χ3n) is 2.54. The van der Waals surface area contributed by atoms with Gasteiger partial charge in [-0.3, -0.25) is 9.48 Å². The summed E-state index contributed by atoms with van der Waals surface area (Å²) in [6.45, 7) is 0. The molecule has 0 unspecified atom stereocenters. The molecule has 1 heterocycles. The van der Waals surface area contributed by atoms with Crippen molar-refractivity contribution in [1.29, 1.82) is 0 Å². The first-order chi connectivity index (χ1) is 8.41. The van der Waals surface area contributed by atoms with Gasteiger partial charge in [-0.05, 0) is 18.2 Å². The van der Waals surface area contributed by atoms with E-state index >= 15 is 0 Å². The topological polar surface area (TPSA) is 34.9 Å². The van der Waals surface area contributed by atoms with Gasteiger partial charge in [0, 0.05) is 12.6 Å². The van der Waals surface area contributed by atoms with Gasteiger partial charge in [-0.15, -0.1) is 0 Å². The number of carbonyl (C=O) groups is 1. The molecular formula is C12H9F3N2O. The minimum absolute atomic E-state index is 0.366. The maximum atomic E-state index is 12.4. The summed E-state index contributed by atoms with van der Waals surface area (Å²) in [5.74, 6) is 0. The third-order valence-corrected chi connectivity index (χ3v) is 2.54. The van der Waals surface area contributed by atoms with Crippen LogP contribution in [0.15, 0.2) is 30.3 Å². The van der Waals surface area contributed by atoms with E-state index < -0.39 is 11.7 Å². The number of benzene rings is 1. The first-order valence-corrected chi connectivity index (χ1v) is 5.08. The van der Waals surface area contributed by atoms with E-state index in [4.69, 9.17) is 0 Å². The van der Waals surface area contributed by atoms with Crippen molar-refractivity contribution >= 4 is 6.29 Å². The molecule has 18 heavy (non-hydrogen) atoms. The van der Waals surface area contributed by atoms with Crippen molar-refractivity contribution in [3.63, 3.8) is 0 Å². The average Bonchev–Trinajstić information content (AvgIpc) is 2.69. The highest BCUT2D eigenvalue weighted by Gasteiger charge is 2.30. The molecule has 0 atom stereocenters. The summed E-state index contributed by atoms with van der Waals surface area (Å²) < 4.78 is 38.5. The Morgan fingerprint density at radius 1 is 1.22 bits per heavy atom. The van der Waals surface area contributed by atoms with E-state index in [0.29, 0.717) is 23.2 Å². The van der Waals surface area contributed by atoms with E-state index in [1.807, 2.05) is 0 Å². The van der Waals surface area contributed by atoms with Crippen molar-refractivity contribution in [2.24, 2.45) is 7.05 Å². The predicted molar refractivity (Wildman–Crippen MR) is 59.0 cm³/mol. The molecule has 6 heteroatoms. The lowest BCUT2D eigenvalue weighted by molar-refractivity contribution is -0.137. The number of halogens is 3. The molecular weight excluding hydrogens is 245 g/mol. The van der Waals surface area contributed by atoms with Crippen LogP contribution in [0.4, 0.5) is 13.2 Å². The van der Waals surface area contributed by atoms with Crippen LogP contribution in [0.25, 0.3) is 11.3 Å². The molecule has 1 aromatic carbocycles. The molecule has 0 aliphatic carbocycles. The van der Waals surface area contributed by atoms with E-state index in [9.17, 15) is 18.0 Å². The van der Waals surface area contributed by atoms with Gasteiger partial charge in [-0.25, -0.2) is 0 Å². The Morgan fingerprint density at radius 3 is 2.28 bits per heavy atom. The fourth-order valence-electron chi connectivity index (χ4n) is 1.56. The minimum atomic E-state index is -4.35. The molecule has 2 rings (SSSR count). The summed E-state index contributed by atoms with van der Waals surface area (Å²) in [6, 6.07) is 6.17. The molecule has 2 aromatic rings. The molecule has 0 amide bonds. The van der Waals surface area contributed by atoms with E-state index in [-0.39, 0.29) is 0 Å².